The first kappa shape index (κ1) is 11.9. The number of hydrogen-bond acceptors (Lipinski definition) is 5. The van der Waals surface area contributed by atoms with Gasteiger partial charge in [0.25, 0.3) is 5.69 Å². The van der Waals surface area contributed by atoms with Crippen molar-refractivity contribution in [3.8, 4) is 0 Å². The molecule has 0 saturated heterocycles. The van der Waals surface area contributed by atoms with Gasteiger partial charge in [-0.05, 0) is 6.07 Å². The highest BCUT2D eigenvalue weighted by Crippen LogP contribution is 2.22. The molecule has 0 heterocycles. The first-order valence-electron chi connectivity index (χ1n) is 4.42. The number of carbonyl (C=O) groups is 1. The van der Waals surface area contributed by atoms with Crippen LogP contribution in [-0.4, -0.2) is 34.3 Å². The summed E-state index contributed by atoms with van der Waals surface area (Å²) in [5, 5.41) is 30.5. The second kappa shape index (κ2) is 5.08. The standard InChI is InChI=1S/C9H10N2O5/c12-4-3-10-8-5-6(11(15)16)1-2-7(8)9(13)14/h1-2,5,10,12H,3-4H2,(H,13,14). The van der Waals surface area contributed by atoms with E-state index in [1.165, 1.54) is 0 Å². The van der Waals surface area contributed by atoms with Crippen LogP contribution in [-0.2, 0) is 0 Å². The van der Waals surface area contributed by atoms with E-state index in [1.54, 1.807) is 0 Å². The van der Waals surface area contributed by atoms with Gasteiger partial charge in [-0.15, -0.1) is 0 Å². The van der Waals surface area contributed by atoms with E-state index in [0.717, 1.165) is 18.2 Å². The van der Waals surface area contributed by atoms with Gasteiger partial charge >= 0.3 is 5.97 Å². The Hall–Kier alpha value is -2.15. The number of non-ortho nitro benzene ring substituents is 1. The number of aliphatic hydroxyl groups is 1. The molecule has 0 bridgehead atoms. The van der Waals surface area contributed by atoms with Crippen molar-refractivity contribution in [2.45, 2.75) is 0 Å². The maximum atomic E-state index is 10.8. The number of hydrogen-bond donors (Lipinski definition) is 3. The molecule has 0 radical (unpaired) electrons. The highest BCUT2D eigenvalue weighted by Gasteiger charge is 2.14. The van der Waals surface area contributed by atoms with Gasteiger partial charge in [0.05, 0.1) is 22.8 Å². The summed E-state index contributed by atoms with van der Waals surface area (Å²) in [6.07, 6.45) is 0. The third kappa shape index (κ3) is 2.67. The number of aromatic carboxylic acids is 1. The van der Waals surface area contributed by atoms with Crippen LogP contribution in [0.3, 0.4) is 0 Å². The lowest BCUT2D eigenvalue weighted by atomic mass is 10.1. The molecular formula is C9H10N2O5. The van der Waals surface area contributed by atoms with Gasteiger partial charge in [0.2, 0.25) is 0 Å². The van der Waals surface area contributed by atoms with Crippen molar-refractivity contribution < 1.29 is 19.9 Å². The molecule has 0 saturated carbocycles. The van der Waals surface area contributed by atoms with Crippen molar-refractivity contribution in [3.63, 3.8) is 0 Å². The molecule has 1 rings (SSSR count). The van der Waals surface area contributed by atoms with Crippen LogP contribution in [0.25, 0.3) is 0 Å². The third-order valence-electron chi connectivity index (χ3n) is 1.87. The summed E-state index contributed by atoms with van der Waals surface area (Å²) in [6.45, 7) is -0.0663. The van der Waals surface area contributed by atoms with Gasteiger partial charge in [-0.25, -0.2) is 4.79 Å². The molecule has 16 heavy (non-hydrogen) atoms. The first-order chi connectivity index (χ1) is 7.56. The van der Waals surface area contributed by atoms with Crippen LogP contribution in [0.1, 0.15) is 10.4 Å². The van der Waals surface area contributed by atoms with Crippen LogP contribution >= 0.6 is 0 Å². The Morgan fingerprint density at radius 3 is 2.69 bits per heavy atom. The zero-order valence-electron chi connectivity index (χ0n) is 8.21. The minimum atomic E-state index is -1.18. The summed E-state index contributed by atoms with van der Waals surface area (Å²) in [6, 6.07) is 3.40. The van der Waals surface area contributed by atoms with E-state index in [9.17, 15) is 14.9 Å². The fourth-order valence-corrected chi connectivity index (χ4v) is 1.17. The Balaban J connectivity index is 3.10. The van der Waals surface area contributed by atoms with Crippen LogP contribution in [0.5, 0.6) is 0 Å². The number of carboxylic acids is 1. The Morgan fingerprint density at radius 1 is 1.50 bits per heavy atom. The number of nitro groups is 1. The highest BCUT2D eigenvalue weighted by atomic mass is 16.6. The van der Waals surface area contributed by atoms with Crippen LogP contribution < -0.4 is 5.32 Å². The van der Waals surface area contributed by atoms with Gasteiger partial charge in [0.1, 0.15) is 0 Å². The van der Waals surface area contributed by atoms with Crippen LogP contribution in [0.15, 0.2) is 18.2 Å². The molecule has 0 atom stereocenters. The van der Waals surface area contributed by atoms with Crippen LogP contribution in [0.4, 0.5) is 11.4 Å². The molecule has 0 aliphatic carbocycles. The second-order valence-corrected chi connectivity index (χ2v) is 2.94. The molecule has 1 aromatic rings. The van der Waals surface area contributed by atoms with Crippen molar-refractivity contribution in [2.24, 2.45) is 0 Å². The minimum absolute atomic E-state index is 0.0703. The molecule has 1 aromatic carbocycles. The molecule has 7 nitrogen and oxygen atoms in total. The third-order valence-corrected chi connectivity index (χ3v) is 1.87. The van der Waals surface area contributed by atoms with E-state index in [0.29, 0.717) is 0 Å². The van der Waals surface area contributed by atoms with Crippen molar-refractivity contribution in [3.05, 3.63) is 33.9 Å². The van der Waals surface area contributed by atoms with Gasteiger partial charge in [-0.2, -0.15) is 0 Å². The van der Waals surface area contributed by atoms with E-state index in [1.807, 2.05) is 0 Å². The fourth-order valence-electron chi connectivity index (χ4n) is 1.17. The highest BCUT2D eigenvalue weighted by molar-refractivity contribution is 5.94. The van der Waals surface area contributed by atoms with E-state index in [4.69, 9.17) is 10.2 Å². The fraction of sp³-hybridized carbons (Fsp3) is 0.222. The Bertz CT molecular complexity index is 418. The monoisotopic (exact) mass is 226 g/mol. The molecule has 86 valence electrons. The summed E-state index contributed by atoms with van der Waals surface area (Å²) in [5.41, 5.74) is -0.153. The van der Waals surface area contributed by atoms with E-state index < -0.39 is 10.9 Å². The topological polar surface area (TPSA) is 113 Å². The molecule has 0 spiro atoms. The summed E-state index contributed by atoms with van der Waals surface area (Å²) >= 11 is 0. The largest absolute Gasteiger partial charge is 0.478 e. The quantitative estimate of drug-likeness (QED) is 0.503. The predicted molar refractivity (Wildman–Crippen MR) is 55.6 cm³/mol. The maximum Gasteiger partial charge on any atom is 0.337 e. The van der Waals surface area contributed by atoms with Crippen LogP contribution in [0.2, 0.25) is 0 Å². The van der Waals surface area contributed by atoms with E-state index in [-0.39, 0.29) is 30.1 Å². The Labute approximate surface area is 90.5 Å². The van der Waals surface area contributed by atoms with Crippen molar-refractivity contribution in [1.82, 2.24) is 0 Å². The average Bonchev–Trinajstić information content (AvgIpc) is 2.25. The smallest absolute Gasteiger partial charge is 0.337 e. The lowest BCUT2D eigenvalue weighted by molar-refractivity contribution is -0.384. The van der Waals surface area contributed by atoms with Gasteiger partial charge in [0, 0.05) is 18.7 Å². The molecule has 0 aliphatic heterocycles. The molecule has 0 fully saturated rings. The number of anilines is 1. The van der Waals surface area contributed by atoms with E-state index >= 15 is 0 Å². The minimum Gasteiger partial charge on any atom is -0.478 e. The summed E-state index contributed by atoms with van der Waals surface area (Å²) < 4.78 is 0. The van der Waals surface area contributed by atoms with Gasteiger partial charge < -0.3 is 15.5 Å². The number of nitrogens with zero attached hydrogens (tertiary/aromatic N) is 1. The Kier molecular flexibility index (Phi) is 3.78. The molecule has 0 amide bonds. The number of aliphatic hydroxyl groups excluding tert-OH is 1. The van der Waals surface area contributed by atoms with Crippen molar-refractivity contribution in [2.75, 3.05) is 18.5 Å². The van der Waals surface area contributed by atoms with E-state index in [2.05, 4.69) is 5.32 Å². The van der Waals surface area contributed by atoms with Gasteiger partial charge in [-0.3, -0.25) is 10.1 Å². The summed E-state index contributed by atoms with van der Waals surface area (Å²) in [4.78, 5) is 20.7. The summed E-state index contributed by atoms with van der Waals surface area (Å²) in [5.74, 6) is -1.18. The maximum absolute atomic E-state index is 10.8. The molecule has 0 aliphatic rings. The number of benzene rings is 1. The normalized spacial score (nSPS) is 9.81. The first-order valence-corrected chi connectivity index (χ1v) is 4.42. The van der Waals surface area contributed by atoms with Crippen molar-refractivity contribution in [1.29, 1.82) is 0 Å². The lowest BCUT2D eigenvalue weighted by Crippen LogP contribution is -2.10. The zero-order valence-corrected chi connectivity index (χ0v) is 8.21. The molecule has 7 heteroatoms. The lowest BCUT2D eigenvalue weighted by Gasteiger charge is -2.07. The second-order valence-electron chi connectivity index (χ2n) is 2.94. The molecule has 0 aromatic heterocycles. The van der Waals surface area contributed by atoms with Crippen LogP contribution in [0, 0.1) is 10.1 Å². The number of nitrogens with one attached hydrogen (secondary N) is 1. The molecular weight excluding hydrogens is 216 g/mol. The SMILES string of the molecule is O=C(O)c1ccc([N+](=O)[O-])cc1NCCO. The van der Waals surface area contributed by atoms with Gasteiger partial charge in [0.15, 0.2) is 0 Å². The Morgan fingerprint density at radius 2 is 2.19 bits per heavy atom. The summed E-state index contributed by atoms with van der Waals surface area (Å²) in [7, 11) is 0. The zero-order chi connectivity index (χ0) is 12.1. The molecule has 0 unspecified atom stereocenters. The average molecular weight is 226 g/mol. The molecule has 3 N–H and O–H groups in total. The predicted octanol–water partition coefficient (Wildman–Crippen LogP) is 0.697. The van der Waals surface area contributed by atoms with Crippen molar-refractivity contribution >= 4 is 17.3 Å². The van der Waals surface area contributed by atoms with Gasteiger partial charge in [-0.1, -0.05) is 0 Å². The number of rotatable bonds is 5. The number of nitro benzene ring substituents is 1. The number of carboxylic acid groups (broad SMARTS) is 1.